The SMILES string of the molecule is CCON=C(CC)c1c(O)cc(CC(C)C)oc1=O. The Balaban J connectivity index is 3.19. The van der Waals surface area contributed by atoms with Gasteiger partial charge in [0, 0.05) is 12.5 Å². The van der Waals surface area contributed by atoms with Crippen molar-refractivity contribution >= 4 is 5.71 Å². The Kier molecular flexibility index (Phi) is 5.60. The van der Waals surface area contributed by atoms with E-state index in [-0.39, 0.29) is 11.3 Å². The van der Waals surface area contributed by atoms with Gasteiger partial charge in [-0.3, -0.25) is 0 Å². The minimum Gasteiger partial charge on any atom is -0.507 e. The first-order chi connectivity index (χ1) is 8.99. The highest BCUT2D eigenvalue weighted by molar-refractivity contribution is 6.01. The minimum absolute atomic E-state index is 0.0865. The molecule has 1 rings (SSSR count). The van der Waals surface area contributed by atoms with Crippen LogP contribution in [0.5, 0.6) is 5.75 Å². The lowest BCUT2D eigenvalue weighted by molar-refractivity contribution is 0.158. The van der Waals surface area contributed by atoms with Gasteiger partial charge in [0.2, 0.25) is 0 Å². The van der Waals surface area contributed by atoms with E-state index in [0.29, 0.717) is 36.8 Å². The summed E-state index contributed by atoms with van der Waals surface area (Å²) in [5.41, 5.74) is -0.0939. The lowest BCUT2D eigenvalue weighted by atomic mass is 10.1. The van der Waals surface area contributed by atoms with E-state index in [9.17, 15) is 9.90 Å². The number of oxime groups is 1. The van der Waals surface area contributed by atoms with Gasteiger partial charge in [-0.25, -0.2) is 4.79 Å². The number of hydrogen-bond acceptors (Lipinski definition) is 5. The molecule has 1 aromatic rings. The Morgan fingerprint density at radius 1 is 1.47 bits per heavy atom. The Bertz CT molecular complexity index is 503. The molecule has 0 fully saturated rings. The second-order valence-electron chi connectivity index (χ2n) is 4.67. The van der Waals surface area contributed by atoms with Crippen LogP contribution in [-0.4, -0.2) is 17.4 Å². The third-order valence-corrected chi connectivity index (χ3v) is 2.52. The van der Waals surface area contributed by atoms with Crippen LogP contribution in [0.25, 0.3) is 0 Å². The largest absolute Gasteiger partial charge is 0.507 e. The Labute approximate surface area is 112 Å². The van der Waals surface area contributed by atoms with Crippen LogP contribution < -0.4 is 5.63 Å². The van der Waals surface area contributed by atoms with Crippen LogP contribution in [0, 0.1) is 5.92 Å². The van der Waals surface area contributed by atoms with Gasteiger partial charge in [-0.1, -0.05) is 25.9 Å². The number of nitrogens with zero attached hydrogens (tertiary/aromatic N) is 1. The molecular formula is C14H21NO4. The average molecular weight is 267 g/mol. The second-order valence-corrected chi connectivity index (χ2v) is 4.67. The van der Waals surface area contributed by atoms with Crippen molar-refractivity contribution in [3.63, 3.8) is 0 Å². The van der Waals surface area contributed by atoms with Crippen molar-refractivity contribution in [3.05, 3.63) is 27.8 Å². The second kappa shape index (κ2) is 6.97. The van der Waals surface area contributed by atoms with E-state index in [1.54, 1.807) is 6.92 Å². The monoisotopic (exact) mass is 267 g/mol. The maximum Gasteiger partial charge on any atom is 0.349 e. The van der Waals surface area contributed by atoms with Gasteiger partial charge in [0.05, 0.1) is 5.71 Å². The fraction of sp³-hybridized carbons (Fsp3) is 0.571. The highest BCUT2D eigenvalue weighted by Crippen LogP contribution is 2.19. The normalized spacial score (nSPS) is 11.9. The Morgan fingerprint density at radius 2 is 2.16 bits per heavy atom. The average Bonchev–Trinajstić information content (AvgIpc) is 2.31. The van der Waals surface area contributed by atoms with Crippen LogP contribution in [0.3, 0.4) is 0 Å². The summed E-state index contributed by atoms with van der Waals surface area (Å²) in [6, 6.07) is 1.48. The van der Waals surface area contributed by atoms with E-state index < -0.39 is 5.63 Å². The zero-order valence-electron chi connectivity index (χ0n) is 11.9. The quantitative estimate of drug-likeness (QED) is 0.635. The van der Waals surface area contributed by atoms with E-state index in [1.807, 2.05) is 20.8 Å². The van der Waals surface area contributed by atoms with E-state index in [4.69, 9.17) is 9.25 Å². The van der Waals surface area contributed by atoms with Crippen molar-refractivity contribution in [2.45, 2.75) is 40.5 Å². The third kappa shape index (κ3) is 4.12. The molecule has 0 atom stereocenters. The van der Waals surface area contributed by atoms with Crippen LogP contribution in [0.2, 0.25) is 0 Å². The van der Waals surface area contributed by atoms with Gasteiger partial charge < -0.3 is 14.4 Å². The maximum atomic E-state index is 11.9. The fourth-order valence-corrected chi connectivity index (χ4v) is 1.73. The summed E-state index contributed by atoms with van der Waals surface area (Å²) in [6.07, 6.45) is 1.08. The lowest BCUT2D eigenvalue weighted by Gasteiger charge is -2.08. The predicted octanol–water partition coefficient (Wildman–Crippen LogP) is 2.69. The standard InChI is InChI=1S/C14H21NO4/c1-5-11(15-18-6-2)13-12(16)8-10(7-9(3)4)19-14(13)17/h8-9,16H,5-7H2,1-4H3. The zero-order valence-corrected chi connectivity index (χ0v) is 11.9. The van der Waals surface area contributed by atoms with Crippen molar-refractivity contribution in [3.8, 4) is 5.75 Å². The predicted molar refractivity (Wildman–Crippen MR) is 73.6 cm³/mol. The third-order valence-electron chi connectivity index (χ3n) is 2.52. The van der Waals surface area contributed by atoms with Gasteiger partial charge >= 0.3 is 5.63 Å². The molecule has 0 aliphatic rings. The van der Waals surface area contributed by atoms with Crippen molar-refractivity contribution in [1.82, 2.24) is 0 Å². The van der Waals surface area contributed by atoms with Crippen molar-refractivity contribution in [2.24, 2.45) is 11.1 Å². The first-order valence-electron chi connectivity index (χ1n) is 6.54. The van der Waals surface area contributed by atoms with Gasteiger partial charge in [-0.05, 0) is 19.3 Å². The summed E-state index contributed by atoms with van der Waals surface area (Å²) in [4.78, 5) is 16.9. The highest BCUT2D eigenvalue weighted by atomic mass is 16.6. The van der Waals surface area contributed by atoms with Crippen LogP contribution in [0.4, 0.5) is 0 Å². The highest BCUT2D eigenvalue weighted by Gasteiger charge is 2.17. The van der Waals surface area contributed by atoms with Crippen molar-refractivity contribution in [2.75, 3.05) is 6.61 Å². The van der Waals surface area contributed by atoms with E-state index in [0.717, 1.165) is 0 Å². The van der Waals surface area contributed by atoms with Crippen molar-refractivity contribution in [1.29, 1.82) is 0 Å². The number of hydrogen-bond donors (Lipinski definition) is 1. The Hall–Kier alpha value is -1.78. The number of aromatic hydroxyl groups is 1. The summed E-state index contributed by atoms with van der Waals surface area (Å²) in [5.74, 6) is 0.719. The molecule has 0 radical (unpaired) electrons. The van der Waals surface area contributed by atoms with E-state index >= 15 is 0 Å². The zero-order chi connectivity index (χ0) is 14.4. The molecule has 106 valence electrons. The number of rotatable bonds is 6. The fourth-order valence-electron chi connectivity index (χ4n) is 1.73. The molecule has 0 amide bonds. The summed E-state index contributed by atoms with van der Waals surface area (Å²) in [5, 5.41) is 13.8. The molecule has 5 nitrogen and oxygen atoms in total. The lowest BCUT2D eigenvalue weighted by Crippen LogP contribution is -2.16. The molecular weight excluding hydrogens is 246 g/mol. The minimum atomic E-state index is -0.573. The van der Waals surface area contributed by atoms with Crippen LogP contribution >= 0.6 is 0 Å². The molecule has 0 unspecified atom stereocenters. The summed E-state index contributed by atoms with van der Waals surface area (Å²) < 4.78 is 5.21. The van der Waals surface area contributed by atoms with Gasteiger partial charge in [0.15, 0.2) is 0 Å². The van der Waals surface area contributed by atoms with E-state index in [1.165, 1.54) is 6.07 Å². The molecule has 0 saturated heterocycles. The summed E-state index contributed by atoms with van der Waals surface area (Å²) >= 11 is 0. The molecule has 0 aliphatic carbocycles. The first kappa shape index (κ1) is 15.3. The molecule has 0 spiro atoms. The van der Waals surface area contributed by atoms with Crippen LogP contribution in [0.1, 0.15) is 45.4 Å². The molecule has 0 saturated carbocycles. The van der Waals surface area contributed by atoms with Gasteiger partial charge in [-0.2, -0.15) is 0 Å². The molecule has 1 N–H and O–H groups in total. The van der Waals surface area contributed by atoms with Crippen LogP contribution in [0.15, 0.2) is 20.4 Å². The molecule has 0 bridgehead atoms. The molecule has 1 heterocycles. The summed E-state index contributed by atoms with van der Waals surface area (Å²) in [7, 11) is 0. The molecule has 0 aromatic carbocycles. The molecule has 1 aromatic heterocycles. The maximum absolute atomic E-state index is 11.9. The van der Waals surface area contributed by atoms with Gasteiger partial charge in [-0.15, -0.1) is 0 Å². The summed E-state index contributed by atoms with van der Waals surface area (Å²) in [6.45, 7) is 8.06. The first-order valence-corrected chi connectivity index (χ1v) is 6.54. The molecule has 19 heavy (non-hydrogen) atoms. The van der Waals surface area contributed by atoms with Crippen molar-refractivity contribution < 1.29 is 14.4 Å². The van der Waals surface area contributed by atoms with Gasteiger partial charge in [0.25, 0.3) is 0 Å². The van der Waals surface area contributed by atoms with Crippen LogP contribution in [-0.2, 0) is 11.3 Å². The topological polar surface area (TPSA) is 72.0 Å². The molecule has 0 aliphatic heterocycles. The molecule has 5 heteroatoms. The smallest absolute Gasteiger partial charge is 0.349 e. The van der Waals surface area contributed by atoms with Gasteiger partial charge in [0.1, 0.15) is 23.7 Å². The Morgan fingerprint density at radius 3 is 2.63 bits per heavy atom. The van der Waals surface area contributed by atoms with E-state index in [2.05, 4.69) is 5.16 Å².